The number of hydrogen-bond donors (Lipinski definition) is 2. The van der Waals surface area contributed by atoms with E-state index in [0.29, 0.717) is 43.0 Å². The van der Waals surface area contributed by atoms with Crippen molar-refractivity contribution < 1.29 is 29.3 Å². The summed E-state index contributed by atoms with van der Waals surface area (Å²) in [6, 6.07) is 6.88. The molecule has 218 valence electrons. The molecule has 0 spiro atoms. The molecule has 0 radical (unpaired) electrons. The summed E-state index contributed by atoms with van der Waals surface area (Å²) in [5.41, 5.74) is 2.03. The smallest absolute Gasteiger partial charge is 0.308 e. The summed E-state index contributed by atoms with van der Waals surface area (Å²) in [5.74, 6) is -0.381. The Balaban J connectivity index is 1.47. The molecule has 41 heavy (non-hydrogen) atoms. The topological polar surface area (TPSA) is 130 Å². The molecule has 0 saturated carbocycles. The zero-order chi connectivity index (χ0) is 28.9. The number of carbonyl (C=O) groups excluding carboxylic acids is 1. The minimum atomic E-state index is -0.923. The molecule has 2 N–H and O–H groups in total. The molecule has 2 aliphatic rings. The van der Waals surface area contributed by atoms with E-state index in [0.717, 1.165) is 29.9 Å². The fourth-order valence-corrected chi connectivity index (χ4v) is 6.03. The Morgan fingerprint density at radius 3 is 2.76 bits per heavy atom. The van der Waals surface area contributed by atoms with Crippen LogP contribution in [0.1, 0.15) is 49.1 Å². The van der Waals surface area contributed by atoms with E-state index in [-0.39, 0.29) is 25.9 Å². The monoisotopic (exact) mass is 563 g/mol. The van der Waals surface area contributed by atoms with Gasteiger partial charge in [-0.2, -0.15) is 0 Å². The zero-order valence-electron chi connectivity index (χ0n) is 23.5. The highest BCUT2D eigenvalue weighted by molar-refractivity contribution is 5.94. The van der Waals surface area contributed by atoms with E-state index < -0.39 is 23.8 Å². The van der Waals surface area contributed by atoms with Gasteiger partial charge in [0.15, 0.2) is 11.5 Å². The SMILES string of the molecule is CCCCN(C(=O)CN1C[C@H](c2cc(CO)c3c(c2)OCO3)[C@@H](C(=O)O)[C@@H]1CCc1nccn1C)c1cccnc1. The third-order valence-corrected chi connectivity index (χ3v) is 8.12. The van der Waals surface area contributed by atoms with Crippen LogP contribution in [0.25, 0.3) is 0 Å². The molecular weight excluding hydrogens is 526 g/mol. The van der Waals surface area contributed by atoms with E-state index in [2.05, 4.69) is 16.9 Å². The Morgan fingerprint density at radius 1 is 1.22 bits per heavy atom. The van der Waals surface area contributed by atoms with Crippen LogP contribution in [0.5, 0.6) is 11.5 Å². The lowest BCUT2D eigenvalue weighted by Gasteiger charge is -2.29. The molecule has 2 aromatic heterocycles. The molecule has 1 amide bonds. The number of aromatic nitrogens is 3. The van der Waals surface area contributed by atoms with Crippen LogP contribution in [0.15, 0.2) is 49.1 Å². The number of imidazole rings is 1. The van der Waals surface area contributed by atoms with Crippen molar-refractivity contribution in [2.75, 3.05) is 31.3 Å². The quantitative estimate of drug-likeness (QED) is 0.342. The summed E-state index contributed by atoms with van der Waals surface area (Å²) in [6.45, 7) is 2.86. The number of aliphatic hydroxyl groups is 1. The number of carbonyl (C=O) groups is 2. The summed E-state index contributed by atoms with van der Waals surface area (Å²) >= 11 is 0. The largest absolute Gasteiger partial charge is 0.481 e. The van der Waals surface area contributed by atoms with Crippen molar-refractivity contribution in [2.24, 2.45) is 13.0 Å². The lowest BCUT2D eigenvalue weighted by atomic mass is 9.83. The zero-order valence-corrected chi connectivity index (χ0v) is 23.5. The number of aliphatic carboxylic acids is 1. The lowest BCUT2D eigenvalue weighted by molar-refractivity contribution is -0.143. The third-order valence-electron chi connectivity index (χ3n) is 8.12. The Bertz CT molecular complexity index is 1360. The highest BCUT2D eigenvalue weighted by atomic mass is 16.7. The number of anilines is 1. The molecule has 2 aliphatic heterocycles. The fraction of sp³-hybridized carbons (Fsp3) is 0.467. The van der Waals surface area contributed by atoms with Gasteiger partial charge in [-0.05, 0) is 42.7 Å². The molecule has 3 aromatic rings. The summed E-state index contributed by atoms with van der Waals surface area (Å²) in [6.07, 6.45) is 9.81. The van der Waals surface area contributed by atoms with Gasteiger partial charge < -0.3 is 29.2 Å². The van der Waals surface area contributed by atoms with Gasteiger partial charge >= 0.3 is 5.97 Å². The number of likely N-dealkylation sites (tertiary alicyclic amines) is 1. The highest BCUT2D eigenvalue weighted by Crippen LogP contribution is 2.44. The third kappa shape index (κ3) is 6.06. The predicted molar refractivity (Wildman–Crippen MR) is 151 cm³/mol. The van der Waals surface area contributed by atoms with Crippen LogP contribution >= 0.6 is 0 Å². The number of nitrogens with zero attached hydrogens (tertiary/aromatic N) is 5. The van der Waals surface area contributed by atoms with Gasteiger partial charge in [-0.3, -0.25) is 19.5 Å². The Labute approximate surface area is 239 Å². The van der Waals surface area contributed by atoms with E-state index in [1.807, 2.05) is 40.9 Å². The first-order chi connectivity index (χ1) is 19.9. The number of carboxylic acid groups (broad SMARTS) is 1. The first-order valence-corrected chi connectivity index (χ1v) is 14.1. The van der Waals surface area contributed by atoms with Crippen LogP contribution < -0.4 is 14.4 Å². The maximum Gasteiger partial charge on any atom is 0.308 e. The second-order valence-corrected chi connectivity index (χ2v) is 10.6. The van der Waals surface area contributed by atoms with E-state index >= 15 is 0 Å². The molecule has 0 aliphatic carbocycles. The minimum Gasteiger partial charge on any atom is -0.481 e. The van der Waals surface area contributed by atoms with Gasteiger partial charge in [0.1, 0.15) is 5.82 Å². The normalized spacial score (nSPS) is 19.9. The lowest BCUT2D eigenvalue weighted by Crippen LogP contribution is -2.44. The van der Waals surface area contributed by atoms with Gasteiger partial charge in [0.2, 0.25) is 12.7 Å². The summed E-state index contributed by atoms with van der Waals surface area (Å²) in [7, 11) is 1.91. The maximum atomic E-state index is 13.8. The van der Waals surface area contributed by atoms with E-state index in [1.54, 1.807) is 29.6 Å². The predicted octanol–water partition coefficient (Wildman–Crippen LogP) is 2.97. The standard InChI is InChI=1S/C30H37N5O6/c1-3-4-11-35(22-6-5-9-31-15-22)27(37)17-34-16-23(20-13-21(18-36)29-25(14-20)40-19-41-29)28(30(38)39)24(34)7-8-26-32-10-12-33(26)2/h5-6,9-10,12-15,23-24,28,36H,3-4,7-8,11,16-19H2,1-2H3,(H,38,39)/t23-,24+,28-/m1/s1. The van der Waals surface area contributed by atoms with Crippen LogP contribution in [-0.2, 0) is 29.7 Å². The number of pyridine rings is 1. The van der Waals surface area contributed by atoms with Crippen molar-refractivity contribution in [3.05, 3.63) is 66.0 Å². The van der Waals surface area contributed by atoms with Gasteiger partial charge in [0, 0.05) is 62.7 Å². The average molecular weight is 564 g/mol. The highest BCUT2D eigenvalue weighted by Gasteiger charge is 2.47. The number of ether oxygens (including phenoxy) is 2. The van der Waals surface area contributed by atoms with Crippen molar-refractivity contribution in [1.82, 2.24) is 19.4 Å². The summed E-state index contributed by atoms with van der Waals surface area (Å²) in [5, 5.41) is 20.5. The molecule has 1 fully saturated rings. The summed E-state index contributed by atoms with van der Waals surface area (Å²) < 4.78 is 13.1. The molecule has 0 bridgehead atoms. The molecule has 1 saturated heterocycles. The van der Waals surface area contributed by atoms with E-state index in [1.165, 1.54) is 0 Å². The van der Waals surface area contributed by atoms with Crippen molar-refractivity contribution >= 4 is 17.6 Å². The van der Waals surface area contributed by atoms with Crippen LogP contribution in [0.2, 0.25) is 0 Å². The Kier molecular flexibility index (Phi) is 8.84. The molecule has 11 heteroatoms. The number of unbranched alkanes of at least 4 members (excludes halogenated alkanes) is 1. The average Bonchev–Trinajstić information content (AvgIpc) is 3.70. The minimum absolute atomic E-state index is 0.0493. The van der Waals surface area contributed by atoms with E-state index in [4.69, 9.17) is 9.47 Å². The number of benzene rings is 1. The van der Waals surface area contributed by atoms with Crippen LogP contribution in [0, 0.1) is 5.92 Å². The molecule has 5 rings (SSSR count). The van der Waals surface area contributed by atoms with Gasteiger partial charge in [-0.1, -0.05) is 13.3 Å². The molecule has 4 heterocycles. The molecule has 1 aromatic carbocycles. The van der Waals surface area contributed by atoms with Gasteiger partial charge in [0.05, 0.1) is 31.0 Å². The number of amides is 1. The number of aryl methyl sites for hydroxylation is 2. The van der Waals surface area contributed by atoms with Crippen molar-refractivity contribution in [1.29, 1.82) is 0 Å². The van der Waals surface area contributed by atoms with Gasteiger partial charge in [-0.15, -0.1) is 0 Å². The first kappa shape index (κ1) is 28.6. The number of hydrogen-bond acceptors (Lipinski definition) is 8. The summed E-state index contributed by atoms with van der Waals surface area (Å²) in [4.78, 5) is 39.1. The van der Waals surface area contributed by atoms with E-state index in [9.17, 15) is 19.8 Å². The molecule has 11 nitrogen and oxygen atoms in total. The maximum absolute atomic E-state index is 13.8. The Hall–Kier alpha value is -3.96. The molecule has 3 atom stereocenters. The van der Waals surface area contributed by atoms with Gasteiger partial charge in [0.25, 0.3) is 0 Å². The molecular formula is C30H37N5O6. The second-order valence-electron chi connectivity index (χ2n) is 10.6. The van der Waals surface area contributed by atoms with Crippen LogP contribution in [-0.4, -0.2) is 74.0 Å². The van der Waals surface area contributed by atoms with Crippen LogP contribution in [0.3, 0.4) is 0 Å². The second kappa shape index (κ2) is 12.7. The van der Waals surface area contributed by atoms with Crippen molar-refractivity contribution in [3.63, 3.8) is 0 Å². The number of fused-ring (bicyclic) bond motifs is 1. The fourth-order valence-electron chi connectivity index (χ4n) is 6.03. The van der Waals surface area contributed by atoms with Gasteiger partial charge in [-0.25, -0.2) is 4.98 Å². The molecule has 0 unspecified atom stereocenters. The first-order valence-electron chi connectivity index (χ1n) is 14.1. The number of carboxylic acids is 1. The number of rotatable bonds is 12. The van der Waals surface area contributed by atoms with Crippen molar-refractivity contribution in [2.45, 2.75) is 51.2 Å². The number of aliphatic hydroxyl groups excluding tert-OH is 1. The Morgan fingerprint density at radius 2 is 2.07 bits per heavy atom. The van der Waals surface area contributed by atoms with Crippen LogP contribution in [0.4, 0.5) is 5.69 Å². The van der Waals surface area contributed by atoms with Crippen molar-refractivity contribution in [3.8, 4) is 11.5 Å².